The van der Waals surface area contributed by atoms with Gasteiger partial charge < -0.3 is 19.9 Å². The van der Waals surface area contributed by atoms with E-state index in [-0.39, 0.29) is 18.0 Å². The van der Waals surface area contributed by atoms with Gasteiger partial charge in [-0.25, -0.2) is 9.78 Å². The average Bonchev–Trinajstić information content (AvgIpc) is 3.23. The first-order valence-electron chi connectivity index (χ1n) is 10.3. The number of nitrogens with one attached hydrogen (secondary N) is 1. The van der Waals surface area contributed by atoms with Crippen molar-refractivity contribution in [2.75, 3.05) is 31.5 Å². The van der Waals surface area contributed by atoms with Gasteiger partial charge in [-0.15, -0.1) is 0 Å². The third-order valence-electron chi connectivity index (χ3n) is 5.43. The van der Waals surface area contributed by atoms with Crippen molar-refractivity contribution < 1.29 is 14.3 Å². The fourth-order valence-electron chi connectivity index (χ4n) is 3.85. The number of piperidine rings is 1. The second kappa shape index (κ2) is 9.34. The van der Waals surface area contributed by atoms with Crippen LogP contribution in [0.15, 0.2) is 42.6 Å². The Morgan fingerprint density at radius 3 is 2.70 bits per heavy atom. The first kappa shape index (κ1) is 20.5. The number of ether oxygens (including phenoxy) is 1. The van der Waals surface area contributed by atoms with Gasteiger partial charge in [0.1, 0.15) is 11.7 Å². The predicted octanol–water partition coefficient (Wildman–Crippen LogP) is 4.05. The van der Waals surface area contributed by atoms with Gasteiger partial charge in [0.05, 0.1) is 6.54 Å². The van der Waals surface area contributed by atoms with E-state index in [1.54, 1.807) is 47.5 Å². The Labute approximate surface area is 181 Å². The highest BCUT2D eigenvalue weighted by molar-refractivity contribution is 6.30. The topological polar surface area (TPSA) is 74.8 Å². The number of carbonyl (C=O) groups excluding carboxylic acids is 2. The number of urea groups is 1. The standard InChI is InChI=1S/C22H25ClN4O3/c23-16-6-4-7-17(14-16)25-22(29)27-13-9-18(15-27)30-20-19(8-5-10-24-20)21(28)26-11-2-1-3-12-26/h4-8,10,14,18H,1-3,9,11-13,15H2,(H,25,29). The minimum absolute atomic E-state index is 0.0358. The number of hydrogen-bond donors (Lipinski definition) is 1. The molecule has 1 aromatic carbocycles. The fraction of sp³-hybridized carbons (Fsp3) is 0.409. The second-order valence-electron chi connectivity index (χ2n) is 7.62. The Morgan fingerprint density at radius 1 is 1.07 bits per heavy atom. The molecule has 4 rings (SSSR count). The van der Waals surface area contributed by atoms with E-state index in [4.69, 9.17) is 16.3 Å². The van der Waals surface area contributed by atoms with Crippen LogP contribution < -0.4 is 10.1 Å². The third kappa shape index (κ3) is 4.84. The molecule has 1 unspecified atom stereocenters. The summed E-state index contributed by atoms with van der Waals surface area (Å²) in [5.74, 6) is 0.307. The van der Waals surface area contributed by atoms with E-state index in [2.05, 4.69) is 10.3 Å². The van der Waals surface area contributed by atoms with E-state index in [0.29, 0.717) is 41.7 Å². The summed E-state index contributed by atoms with van der Waals surface area (Å²) in [7, 11) is 0. The number of pyridine rings is 1. The van der Waals surface area contributed by atoms with Crippen molar-refractivity contribution >= 4 is 29.2 Å². The molecular formula is C22H25ClN4O3. The van der Waals surface area contributed by atoms with Crippen molar-refractivity contribution in [1.82, 2.24) is 14.8 Å². The van der Waals surface area contributed by atoms with E-state index >= 15 is 0 Å². The zero-order chi connectivity index (χ0) is 20.9. The van der Waals surface area contributed by atoms with Crippen molar-refractivity contribution in [3.05, 3.63) is 53.2 Å². The van der Waals surface area contributed by atoms with Gasteiger partial charge in [0, 0.05) is 43.0 Å². The Morgan fingerprint density at radius 2 is 1.90 bits per heavy atom. The van der Waals surface area contributed by atoms with Gasteiger partial charge in [0.15, 0.2) is 0 Å². The SMILES string of the molecule is O=C(Nc1cccc(Cl)c1)N1CCC(Oc2ncccc2C(=O)N2CCCCC2)C1. The summed E-state index contributed by atoms with van der Waals surface area (Å²) < 4.78 is 6.07. The molecule has 158 valence electrons. The minimum Gasteiger partial charge on any atom is -0.472 e. The molecule has 0 aliphatic carbocycles. The fourth-order valence-corrected chi connectivity index (χ4v) is 4.04. The number of carbonyl (C=O) groups is 2. The molecule has 7 nitrogen and oxygen atoms in total. The lowest BCUT2D eigenvalue weighted by atomic mass is 10.1. The Hall–Kier alpha value is -2.80. The van der Waals surface area contributed by atoms with Crippen LogP contribution in [0.1, 0.15) is 36.0 Å². The number of anilines is 1. The summed E-state index contributed by atoms with van der Waals surface area (Å²) >= 11 is 5.98. The third-order valence-corrected chi connectivity index (χ3v) is 5.67. The Balaban J connectivity index is 1.37. The molecule has 1 N–H and O–H groups in total. The van der Waals surface area contributed by atoms with Crippen LogP contribution in [0, 0.1) is 0 Å². The molecule has 2 fully saturated rings. The molecule has 0 radical (unpaired) electrons. The molecule has 2 saturated heterocycles. The molecule has 3 amide bonds. The van der Waals surface area contributed by atoms with Crippen molar-refractivity contribution in [3.8, 4) is 5.88 Å². The normalized spacial score (nSPS) is 18.9. The van der Waals surface area contributed by atoms with Crippen LogP contribution in [0.4, 0.5) is 10.5 Å². The van der Waals surface area contributed by atoms with Crippen LogP contribution in [0.2, 0.25) is 5.02 Å². The van der Waals surface area contributed by atoms with Gasteiger partial charge in [0.25, 0.3) is 5.91 Å². The van der Waals surface area contributed by atoms with E-state index in [1.807, 2.05) is 4.90 Å². The molecule has 0 saturated carbocycles. The Bertz CT molecular complexity index is 917. The summed E-state index contributed by atoms with van der Waals surface area (Å²) in [6.45, 7) is 2.54. The van der Waals surface area contributed by atoms with Crippen LogP contribution in [0.25, 0.3) is 0 Å². The zero-order valence-corrected chi connectivity index (χ0v) is 17.5. The lowest BCUT2D eigenvalue weighted by Gasteiger charge is -2.27. The molecule has 2 aliphatic rings. The number of nitrogens with zero attached hydrogens (tertiary/aromatic N) is 3. The van der Waals surface area contributed by atoms with E-state index in [0.717, 1.165) is 32.4 Å². The van der Waals surface area contributed by atoms with Crippen LogP contribution in [0.5, 0.6) is 5.88 Å². The number of halogens is 1. The minimum atomic E-state index is -0.210. The molecule has 1 aromatic heterocycles. The number of amides is 3. The van der Waals surface area contributed by atoms with Gasteiger partial charge in [-0.2, -0.15) is 0 Å². The molecule has 1 atom stereocenters. The van der Waals surface area contributed by atoms with E-state index in [1.165, 1.54) is 0 Å². The van der Waals surface area contributed by atoms with Crippen molar-refractivity contribution in [1.29, 1.82) is 0 Å². The van der Waals surface area contributed by atoms with Gasteiger partial charge in [-0.3, -0.25) is 4.79 Å². The van der Waals surface area contributed by atoms with E-state index < -0.39 is 0 Å². The van der Waals surface area contributed by atoms with Gasteiger partial charge in [0.2, 0.25) is 5.88 Å². The van der Waals surface area contributed by atoms with Crippen molar-refractivity contribution in [3.63, 3.8) is 0 Å². The number of rotatable bonds is 4. The number of aromatic nitrogens is 1. The second-order valence-corrected chi connectivity index (χ2v) is 8.06. The first-order chi connectivity index (χ1) is 14.6. The lowest BCUT2D eigenvalue weighted by molar-refractivity contribution is 0.0715. The first-order valence-corrected chi connectivity index (χ1v) is 10.7. The highest BCUT2D eigenvalue weighted by Gasteiger charge is 2.30. The highest BCUT2D eigenvalue weighted by Crippen LogP contribution is 2.24. The zero-order valence-electron chi connectivity index (χ0n) is 16.7. The van der Waals surface area contributed by atoms with E-state index in [9.17, 15) is 9.59 Å². The molecular weight excluding hydrogens is 404 g/mol. The molecule has 2 aromatic rings. The number of benzene rings is 1. The molecule has 8 heteroatoms. The summed E-state index contributed by atoms with van der Waals surface area (Å²) in [5.41, 5.74) is 1.14. The summed E-state index contributed by atoms with van der Waals surface area (Å²) in [6.07, 6.45) is 5.31. The highest BCUT2D eigenvalue weighted by atomic mass is 35.5. The largest absolute Gasteiger partial charge is 0.472 e. The number of hydrogen-bond acceptors (Lipinski definition) is 4. The quantitative estimate of drug-likeness (QED) is 0.797. The maximum absolute atomic E-state index is 12.9. The van der Waals surface area contributed by atoms with Crippen molar-refractivity contribution in [2.24, 2.45) is 0 Å². The van der Waals surface area contributed by atoms with Gasteiger partial charge in [-0.1, -0.05) is 17.7 Å². The molecule has 2 aliphatic heterocycles. The van der Waals surface area contributed by atoms with Gasteiger partial charge >= 0.3 is 6.03 Å². The van der Waals surface area contributed by atoms with Crippen LogP contribution in [-0.4, -0.2) is 59.0 Å². The lowest BCUT2D eigenvalue weighted by Crippen LogP contribution is -2.36. The maximum atomic E-state index is 12.9. The van der Waals surface area contributed by atoms with Crippen LogP contribution in [0.3, 0.4) is 0 Å². The van der Waals surface area contributed by atoms with Crippen molar-refractivity contribution in [2.45, 2.75) is 31.8 Å². The Kier molecular flexibility index (Phi) is 6.38. The maximum Gasteiger partial charge on any atom is 0.321 e. The smallest absolute Gasteiger partial charge is 0.321 e. The van der Waals surface area contributed by atoms with Crippen LogP contribution in [-0.2, 0) is 0 Å². The average molecular weight is 429 g/mol. The van der Waals surface area contributed by atoms with Gasteiger partial charge in [-0.05, 0) is 49.6 Å². The summed E-state index contributed by atoms with van der Waals surface area (Å²) in [4.78, 5) is 33.3. The molecule has 0 bridgehead atoms. The monoisotopic (exact) mass is 428 g/mol. The summed E-state index contributed by atoms with van der Waals surface area (Å²) in [6, 6.07) is 10.4. The predicted molar refractivity (Wildman–Crippen MR) is 115 cm³/mol. The van der Waals surface area contributed by atoms with Crippen LogP contribution >= 0.6 is 11.6 Å². The molecule has 30 heavy (non-hydrogen) atoms. The number of likely N-dealkylation sites (tertiary alicyclic amines) is 2. The molecule has 0 spiro atoms. The summed E-state index contributed by atoms with van der Waals surface area (Å²) in [5, 5.41) is 3.42. The molecule has 3 heterocycles.